The first-order chi connectivity index (χ1) is 17.4. The molecule has 2 rings (SSSR count). The summed E-state index contributed by atoms with van der Waals surface area (Å²) in [6.07, 6.45) is 11.5. The number of allylic oxidation sites excluding steroid dienone is 1. The van der Waals surface area contributed by atoms with E-state index in [-0.39, 0.29) is 11.4 Å². The molecule has 0 bridgehead atoms. The predicted molar refractivity (Wildman–Crippen MR) is 159 cm³/mol. The zero-order chi connectivity index (χ0) is 27.8. The molecule has 1 unspecified atom stereocenters. The van der Waals surface area contributed by atoms with Crippen LogP contribution in [0.3, 0.4) is 0 Å². The average Bonchev–Trinajstić information content (AvgIpc) is 2.84. The Morgan fingerprint density at radius 3 is 1.97 bits per heavy atom. The van der Waals surface area contributed by atoms with Gasteiger partial charge in [0, 0.05) is 6.04 Å². The number of nitrogens with zero attached hydrogens (tertiary/aromatic N) is 1. The summed E-state index contributed by atoms with van der Waals surface area (Å²) in [7, 11) is -6.10. The summed E-state index contributed by atoms with van der Waals surface area (Å²) < 4.78 is 35.6. The lowest BCUT2D eigenvalue weighted by molar-refractivity contribution is 0.368. The van der Waals surface area contributed by atoms with Gasteiger partial charge in [0.15, 0.2) is 0 Å². The monoisotopic (exact) mass is 537 g/mol. The van der Waals surface area contributed by atoms with E-state index in [1.807, 2.05) is 62.4 Å². The van der Waals surface area contributed by atoms with Crippen LogP contribution in [0.5, 0.6) is 0 Å². The molecule has 0 saturated heterocycles. The Morgan fingerprint density at radius 2 is 1.49 bits per heavy atom. The van der Waals surface area contributed by atoms with Crippen LogP contribution in [0.25, 0.3) is 6.08 Å². The van der Waals surface area contributed by atoms with Gasteiger partial charge in [0.25, 0.3) is 8.32 Å². The number of rotatable bonds is 12. The van der Waals surface area contributed by atoms with Crippen LogP contribution >= 0.6 is 0 Å². The third-order valence-corrected chi connectivity index (χ3v) is 14.9. The highest BCUT2D eigenvalue weighted by atomic mass is 32.2. The quantitative estimate of drug-likeness (QED) is 0.120. The van der Waals surface area contributed by atoms with Gasteiger partial charge in [-0.2, -0.15) is 4.31 Å². The van der Waals surface area contributed by atoms with E-state index in [2.05, 4.69) is 47.5 Å². The Balaban J connectivity index is 2.60. The Kier molecular flexibility index (Phi) is 11.0. The van der Waals surface area contributed by atoms with Crippen LogP contribution < -0.4 is 0 Å². The molecule has 0 radical (unpaired) electrons. The summed E-state index contributed by atoms with van der Waals surface area (Å²) in [4.78, 5) is 0.228. The van der Waals surface area contributed by atoms with Gasteiger partial charge in [-0.05, 0) is 60.3 Å². The minimum atomic E-state index is -3.81. The maximum atomic E-state index is 13.6. The summed E-state index contributed by atoms with van der Waals surface area (Å²) in [5.41, 5.74) is 3.15. The van der Waals surface area contributed by atoms with Crippen molar-refractivity contribution < 1.29 is 12.8 Å². The van der Waals surface area contributed by atoms with Crippen molar-refractivity contribution in [3.63, 3.8) is 0 Å². The number of aryl methyl sites for hydroxylation is 1. The third-order valence-electron chi connectivity index (χ3n) is 6.98. The Morgan fingerprint density at radius 1 is 0.946 bits per heavy atom. The van der Waals surface area contributed by atoms with E-state index >= 15 is 0 Å². The Bertz CT molecular complexity index is 1190. The van der Waals surface area contributed by atoms with Crippen LogP contribution in [0.1, 0.15) is 59.6 Å². The predicted octanol–water partition coefficient (Wildman–Crippen LogP) is 7.80. The van der Waals surface area contributed by atoms with Crippen LogP contribution in [0.4, 0.5) is 0 Å². The van der Waals surface area contributed by atoms with E-state index in [0.29, 0.717) is 22.4 Å². The van der Waals surface area contributed by atoms with Gasteiger partial charge in [-0.1, -0.05) is 102 Å². The second kappa shape index (κ2) is 13.3. The van der Waals surface area contributed by atoms with Gasteiger partial charge < -0.3 is 4.43 Å². The summed E-state index contributed by atoms with van der Waals surface area (Å²) in [6.45, 7) is 17.2. The van der Waals surface area contributed by atoms with E-state index in [9.17, 15) is 8.42 Å². The lowest BCUT2D eigenvalue weighted by Crippen LogP contribution is -2.47. The summed E-state index contributed by atoms with van der Waals surface area (Å²) >= 11 is 0. The minimum Gasteiger partial charge on any atom is -0.543 e. The average molecular weight is 538 g/mol. The van der Waals surface area contributed by atoms with Gasteiger partial charge in [-0.3, -0.25) is 0 Å². The van der Waals surface area contributed by atoms with Crippen LogP contribution in [0.15, 0.2) is 77.4 Å². The second-order valence-electron chi connectivity index (χ2n) is 10.5. The molecule has 0 aromatic heterocycles. The van der Waals surface area contributed by atoms with Crippen LogP contribution in [-0.2, 0) is 14.4 Å². The maximum absolute atomic E-state index is 13.6. The fraction of sp³-hybridized carbons (Fsp3) is 0.419. The zero-order valence-electron chi connectivity index (χ0n) is 23.6. The second-order valence-corrected chi connectivity index (χ2v) is 17.8. The van der Waals surface area contributed by atoms with Gasteiger partial charge in [0.05, 0.1) is 11.4 Å². The van der Waals surface area contributed by atoms with Crippen LogP contribution in [0.2, 0.25) is 16.6 Å². The fourth-order valence-corrected chi connectivity index (χ4v) is 11.9. The van der Waals surface area contributed by atoms with E-state index in [1.54, 1.807) is 24.3 Å². The van der Waals surface area contributed by atoms with Crippen molar-refractivity contribution in [2.75, 3.05) is 6.54 Å². The van der Waals surface area contributed by atoms with E-state index < -0.39 is 24.4 Å². The van der Waals surface area contributed by atoms with Crippen molar-refractivity contribution in [2.24, 2.45) is 0 Å². The first-order valence-corrected chi connectivity index (χ1v) is 16.6. The van der Waals surface area contributed by atoms with Crippen molar-refractivity contribution in [1.82, 2.24) is 4.31 Å². The van der Waals surface area contributed by atoms with Crippen molar-refractivity contribution in [1.29, 1.82) is 0 Å². The van der Waals surface area contributed by atoms with Gasteiger partial charge in [-0.25, -0.2) is 8.42 Å². The SMILES string of the molecule is C#CCN(C(C)/C=C(\C=C\c1ccccc1)O[Si](C(C)C)(C(C)C)C(C)C)S(=O)(=O)c1ccc(C)cc1. The number of terminal acetylenes is 1. The molecule has 6 heteroatoms. The maximum Gasteiger partial charge on any atom is 0.258 e. The molecule has 4 nitrogen and oxygen atoms in total. The van der Waals surface area contributed by atoms with E-state index in [1.165, 1.54) is 4.31 Å². The van der Waals surface area contributed by atoms with Gasteiger partial charge in [0.1, 0.15) is 5.76 Å². The first kappa shape index (κ1) is 30.6. The molecule has 0 aliphatic rings. The molecular formula is C31H43NO3SSi. The highest BCUT2D eigenvalue weighted by Gasteiger charge is 2.47. The molecule has 2 aromatic rings. The minimum absolute atomic E-state index is 0.0370. The summed E-state index contributed by atoms with van der Waals surface area (Å²) in [5.74, 6) is 3.22. The van der Waals surface area contributed by atoms with Gasteiger partial charge in [0.2, 0.25) is 10.0 Å². The highest BCUT2D eigenvalue weighted by molar-refractivity contribution is 7.89. The summed E-state index contributed by atoms with van der Waals surface area (Å²) in [6, 6.07) is 16.4. The fourth-order valence-electron chi connectivity index (χ4n) is 5.13. The molecule has 2 aromatic carbocycles. The molecule has 0 saturated carbocycles. The van der Waals surface area contributed by atoms with E-state index in [4.69, 9.17) is 10.8 Å². The Hall–Kier alpha value is -2.59. The molecule has 0 fully saturated rings. The van der Waals surface area contributed by atoms with Crippen LogP contribution in [-0.4, -0.2) is 33.6 Å². The van der Waals surface area contributed by atoms with Crippen molar-refractivity contribution in [2.45, 2.75) is 83.0 Å². The molecule has 200 valence electrons. The Labute approximate surface area is 226 Å². The molecule has 0 spiro atoms. The van der Waals surface area contributed by atoms with Crippen molar-refractivity contribution in [3.05, 3.63) is 83.6 Å². The largest absolute Gasteiger partial charge is 0.543 e. The van der Waals surface area contributed by atoms with Gasteiger partial charge >= 0.3 is 0 Å². The van der Waals surface area contributed by atoms with E-state index in [0.717, 1.165) is 11.1 Å². The first-order valence-electron chi connectivity index (χ1n) is 13.0. The summed E-state index contributed by atoms with van der Waals surface area (Å²) in [5, 5.41) is 0. The topological polar surface area (TPSA) is 46.6 Å². The zero-order valence-corrected chi connectivity index (χ0v) is 25.4. The highest BCUT2D eigenvalue weighted by Crippen LogP contribution is 2.44. The van der Waals surface area contributed by atoms with Crippen molar-refractivity contribution >= 4 is 24.4 Å². The molecule has 37 heavy (non-hydrogen) atoms. The molecule has 0 amide bonds. The lowest BCUT2D eigenvalue weighted by atomic mass is 10.2. The molecule has 0 N–H and O–H groups in total. The molecule has 0 heterocycles. The lowest BCUT2D eigenvalue weighted by Gasteiger charge is -2.42. The van der Waals surface area contributed by atoms with Gasteiger partial charge in [-0.15, -0.1) is 6.42 Å². The third kappa shape index (κ3) is 7.47. The number of hydrogen-bond donors (Lipinski definition) is 0. The van der Waals surface area contributed by atoms with Crippen molar-refractivity contribution in [3.8, 4) is 12.3 Å². The standard InChI is InChI=1S/C31H43NO3SSi/c1-10-22-32(36(33,34)31-20-16-27(8)17-21-31)28(9)23-30(19-18-29-14-12-11-13-15-29)35-37(24(2)3,25(4)5)26(6)7/h1,11-21,23-26,28H,22H2,2-9H3/b19-18+,30-23+. The smallest absolute Gasteiger partial charge is 0.258 e. The molecule has 0 aliphatic heterocycles. The number of benzene rings is 2. The normalized spacial score (nSPS) is 14.1. The number of sulfonamides is 1. The molecular weight excluding hydrogens is 494 g/mol. The number of hydrogen-bond acceptors (Lipinski definition) is 3. The molecule has 1 atom stereocenters. The van der Waals surface area contributed by atoms with Crippen LogP contribution in [0, 0.1) is 19.3 Å². The molecule has 0 aliphatic carbocycles.